The first kappa shape index (κ1) is 16.7. The van der Waals surface area contributed by atoms with Gasteiger partial charge in [0, 0.05) is 35.6 Å². The van der Waals surface area contributed by atoms with E-state index in [1.165, 1.54) is 10.4 Å². The van der Waals surface area contributed by atoms with E-state index in [4.69, 9.17) is 5.26 Å². The van der Waals surface area contributed by atoms with Crippen molar-refractivity contribution in [1.82, 2.24) is 10.2 Å². The average Bonchev–Trinajstić information content (AvgIpc) is 3.06. The molecule has 0 spiro atoms. The van der Waals surface area contributed by atoms with Crippen molar-refractivity contribution < 1.29 is 4.79 Å². The molecule has 2 unspecified atom stereocenters. The summed E-state index contributed by atoms with van der Waals surface area (Å²) in [6, 6.07) is 11.9. The fourth-order valence-corrected chi connectivity index (χ4v) is 4.38. The number of hydrogen-bond acceptors (Lipinski definition) is 4. The van der Waals surface area contributed by atoms with Crippen LogP contribution in [0, 0.1) is 11.3 Å². The van der Waals surface area contributed by atoms with E-state index < -0.39 is 0 Å². The fraction of sp³-hybridized carbons (Fsp3) is 0.368. The molecule has 124 valence electrons. The third kappa shape index (κ3) is 3.35. The van der Waals surface area contributed by atoms with Gasteiger partial charge in [0.1, 0.15) is 0 Å². The molecule has 0 radical (unpaired) electrons. The molecule has 2 atom stereocenters. The van der Waals surface area contributed by atoms with Crippen LogP contribution in [0.3, 0.4) is 0 Å². The molecule has 1 aliphatic heterocycles. The second kappa shape index (κ2) is 7.16. The molecule has 0 saturated carbocycles. The molecular weight excluding hydrogens is 318 g/mol. The minimum atomic E-state index is -0.0892. The van der Waals surface area contributed by atoms with Gasteiger partial charge in [0.2, 0.25) is 0 Å². The zero-order chi connectivity index (χ0) is 17.1. The van der Waals surface area contributed by atoms with Gasteiger partial charge >= 0.3 is 0 Å². The zero-order valence-corrected chi connectivity index (χ0v) is 14.8. The van der Waals surface area contributed by atoms with Crippen molar-refractivity contribution in [2.75, 3.05) is 13.1 Å². The van der Waals surface area contributed by atoms with Gasteiger partial charge in [-0.3, -0.25) is 9.69 Å². The van der Waals surface area contributed by atoms with Gasteiger partial charge in [0.05, 0.1) is 11.6 Å². The van der Waals surface area contributed by atoms with Gasteiger partial charge < -0.3 is 5.32 Å². The molecule has 2 aromatic rings. The lowest BCUT2D eigenvalue weighted by atomic mass is 9.97. The Labute approximate surface area is 146 Å². The molecule has 4 nitrogen and oxygen atoms in total. The van der Waals surface area contributed by atoms with Crippen molar-refractivity contribution in [3.8, 4) is 6.07 Å². The minimum Gasteiger partial charge on any atom is -0.351 e. The Bertz CT molecular complexity index is 760. The largest absolute Gasteiger partial charge is 0.351 e. The molecule has 2 heterocycles. The van der Waals surface area contributed by atoms with Crippen LogP contribution in [-0.2, 0) is 6.42 Å². The molecule has 5 heteroatoms. The predicted octanol–water partition coefficient (Wildman–Crippen LogP) is 3.36. The Morgan fingerprint density at radius 1 is 1.33 bits per heavy atom. The Hall–Kier alpha value is -2.16. The van der Waals surface area contributed by atoms with Crippen LogP contribution in [0.2, 0.25) is 0 Å². The van der Waals surface area contributed by atoms with Gasteiger partial charge in [-0.25, -0.2) is 0 Å². The highest BCUT2D eigenvalue weighted by atomic mass is 32.1. The number of thiophene rings is 1. The molecular formula is C19H21N3OS. The van der Waals surface area contributed by atoms with Crippen molar-refractivity contribution in [1.29, 1.82) is 5.26 Å². The van der Waals surface area contributed by atoms with Gasteiger partial charge in [-0.1, -0.05) is 0 Å². The molecule has 24 heavy (non-hydrogen) atoms. The first-order valence-electron chi connectivity index (χ1n) is 8.20. The van der Waals surface area contributed by atoms with Crippen molar-refractivity contribution in [3.05, 3.63) is 57.3 Å². The summed E-state index contributed by atoms with van der Waals surface area (Å²) in [7, 11) is 0. The summed E-state index contributed by atoms with van der Waals surface area (Å²) in [5, 5.41) is 14.0. The Morgan fingerprint density at radius 3 is 2.79 bits per heavy atom. The second-order valence-electron chi connectivity index (χ2n) is 6.22. The van der Waals surface area contributed by atoms with Crippen LogP contribution in [0.15, 0.2) is 35.7 Å². The molecule has 0 bridgehead atoms. The maximum absolute atomic E-state index is 12.2. The molecule has 1 amide bonds. The maximum atomic E-state index is 12.2. The topological polar surface area (TPSA) is 56.1 Å². The van der Waals surface area contributed by atoms with Crippen molar-refractivity contribution in [2.24, 2.45) is 0 Å². The first-order valence-corrected chi connectivity index (χ1v) is 9.08. The molecule has 0 fully saturated rings. The number of nitriles is 1. The third-order valence-electron chi connectivity index (χ3n) is 4.67. The number of benzene rings is 1. The van der Waals surface area contributed by atoms with E-state index in [1.54, 1.807) is 24.3 Å². The van der Waals surface area contributed by atoms with Crippen LogP contribution in [0.4, 0.5) is 0 Å². The number of nitrogens with zero attached hydrogens (tertiary/aromatic N) is 2. The summed E-state index contributed by atoms with van der Waals surface area (Å²) in [5.41, 5.74) is 2.63. The SMILES string of the molecule is CC1Cc2ccsc2C(C)N1CCNC(=O)c1ccc(C#N)cc1. The van der Waals surface area contributed by atoms with Gasteiger partial charge in [-0.15, -0.1) is 11.3 Å². The first-order chi connectivity index (χ1) is 11.6. The quantitative estimate of drug-likeness (QED) is 0.929. The lowest BCUT2D eigenvalue weighted by Crippen LogP contribution is -2.44. The van der Waals surface area contributed by atoms with Crippen LogP contribution in [0.25, 0.3) is 0 Å². The van der Waals surface area contributed by atoms with E-state index in [-0.39, 0.29) is 5.91 Å². The number of fused-ring (bicyclic) bond motifs is 1. The standard InChI is InChI=1S/C19H21N3OS/c1-13-11-17-7-10-24-18(17)14(2)22(13)9-8-21-19(23)16-5-3-15(12-20)4-6-16/h3-7,10,13-14H,8-9,11H2,1-2H3,(H,21,23). The van der Waals surface area contributed by atoms with Gasteiger partial charge in [-0.05, 0) is 61.5 Å². The number of amides is 1. The number of rotatable bonds is 4. The normalized spacial score (nSPS) is 20.2. The molecule has 1 aromatic heterocycles. The lowest BCUT2D eigenvalue weighted by Gasteiger charge is -2.38. The third-order valence-corrected chi connectivity index (χ3v) is 5.80. The van der Waals surface area contributed by atoms with E-state index >= 15 is 0 Å². The lowest BCUT2D eigenvalue weighted by molar-refractivity contribution is 0.0930. The summed E-state index contributed by atoms with van der Waals surface area (Å²) in [4.78, 5) is 16.1. The summed E-state index contributed by atoms with van der Waals surface area (Å²) < 4.78 is 0. The number of nitrogens with one attached hydrogen (secondary N) is 1. The van der Waals surface area contributed by atoms with Crippen LogP contribution in [0.5, 0.6) is 0 Å². The Balaban J connectivity index is 1.56. The maximum Gasteiger partial charge on any atom is 0.251 e. The van der Waals surface area contributed by atoms with E-state index in [2.05, 4.69) is 41.6 Å². The highest BCUT2D eigenvalue weighted by Crippen LogP contribution is 2.35. The van der Waals surface area contributed by atoms with Crippen LogP contribution in [-0.4, -0.2) is 29.9 Å². The Morgan fingerprint density at radius 2 is 2.08 bits per heavy atom. The summed E-state index contributed by atoms with van der Waals surface area (Å²) >= 11 is 1.82. The fourth-order valence-electron chi connectivity index (χ4n) is 3.36. The monoisotopic (exact) mass is 339 g/mol. The average molecular weight is 339 g/mol. The van der Waals surface area contributed by atoms with Crippen molar-refractivity contribution >= 4 is 17.2 Å². The Kier molecular flexibility index (Phi) is 4.98. The van der Waals surface area contributed by atoms with Crippen LogP contribution in [0.1, 0.15) is 46.3 Å². The highest BCUT2D eigenvalue weighted by molar-refractivity contribution is 7.10. The summed E-state index contributed by atoms with van der Waals surface area (Å²) in [5.74, 6) is -0.0892. The van der Waals surface area contributed by atoms with Crippen LogP contribution >= 0.6 is 11.3 Å². The number of hydrogen-bond donors (Lipinski definition) is 1. The molecule has 0 aliphatic carbocycles. The van der Waals surface area contributed by atoms with E-state index in [0.29, 0.717) is 29.8 Å². The molecule has 1 N–H and O–H groups in total. The van der Waals surface area contributed by atoms with Crippen molar-refractivity contribution in [3.63, 3.8) is 0 Å². The van der Waals surface area contributed by atoms with E-state index in [1.807, 2.05) is 11.3 Å². The molecule has 3 rings (SSSR count). The highest BCUT2D eigenvalue weighted by Gasteiger charge is 2.29. The second-order valence-corrected chi connectivity index (χ2v) is 7.17. The molecule has 1 aromatic carbocycles. The van der Waals surface area contributed by atoms with Crippen LogP contribution < -0.4 is 5.32 Å². The molecule has 0 saturated heterocycles. The predicted molar refractivity (Wildman–Crippen MR) is 96.1 cm³/mol. The van der Waals surface area contributed by atoms with Crippen molar-refractivity contribution in [2.45, 2.75) is 32.4 Å². The van der Waals surface area contributed by atoms with Gasteiger partial charge in [0.15, 0.2) is 0 Å². The minimum absolute atomic E-state index is 0.0892. The summed E-state index contributed by atoms with van der Waals surface area (Å²) in [6.07, 6.45) is 1.08. The number of carbonyl (C=O) groups excluding carboxylic acids is 1. The van der Waals surface area contributed by atoms with Gasteiger partial charge in [-0.2, -0.15) is 5.26 Å². The summed E-state index contributed by atoms with van der Waals surface area (Å²) in [6.45, 7) is 5.95. The zero-order valence-electron chi connectivity index (χ0n) is 14.0. The van der Waals surface area contributed by atoms with E-state index in [9.17, 15) is 4.79 Å². The number of carbonyl (C=O) groups is 1. The van der Waals surface area contributed by atoms with Gasteiger partial charge in [0.25, 0.3) is 5.91 Å². The smallest absolute Gasteiger partial charge is 0.251 e. The molecule has 1 aliphatic rings. The van der Waals surface area contributed by atoms with E-state index in [0.717, 1.165) is 13.0 Å².